The number of nitrogens with two attached hydrogens (primary N) is 1. The first-order valence-corrected chi connectivity index (χ1v) is 8.94. The number of methoxy groups -OCH3 is 1. The van der Waals surface area contributed by atoms with Gasteiger partial charge in [0, 0.05) is 29.2 Å². The molecule has 0 atom stereocenters. The number of ether oxygens (including phenoxy) is 1. The number of benzene rings is 1. The van der Waals surface area contributed by atoms with Crippen LogP contribution < -0.4 is 15.8 Å². The average Bonchev–Trinajstić information content (AvgIpc) is 3.13. The van der Waals surface area contributed by atoms with E-state index in [1.165, 1.54) is 6.33 Å². The third-order valence-electron chi connectivity index (χ3n) is 4.57. The lowest BCUT2D eigenvalue weighted by Gasteiger charge is -2.19. The fourth-order valence-electron chi connectivity index (χ4n) is 3.01. The molecule has 3 heterocycles. The van der Waals surface area contributed by atoms with Gasteiger partial charge in [-0.3, -0.25) is 0 Å². The molecule has 0 unspecified atom stereocenters. The summed E-state index contributed by atoms with van der Waals surface area (Å²) in [5.74, 6) is 1.24. The summed E-state index contributed by atoms with van der Waals surface area (Å²) >= 11 is 0. The van der Waals surface area contributed by atoms with Gasteiger partial charge >= 0.3 is 0 Å². The minimum absolute atomic E-state index is 0.368. The Hall–Kier alpha value is -3.45. The molecule has 0 fully saturated rings. The van der Waals surface area contributed by atoms with Crippen molar-refractivity contribution in [3.8, 4) is 17.1 Å². The molecule has 7 heteroatoms. The van der Waals surface area contributed by atoms with Gasteiger partial charge in [-0.15, -0.1) is 0 Å². The zero-order valence-electron chi connectivity index (χ0n) is 16.0. The number of aromatic amines is 1. The molecule has 0 saturated carbocycles. The fraction of sp³-hybridized carbons (Fsp3) is 0.190. The predicted molar refractivity (Wildman–Crippen MR) is 111 cm³/mol. The standard InChI is InChI=1S/C21H22N6O/c1-21(2,22)14-6-4-13(5-7-14)17-11-16-19(24-12-25-20(16)27-17)26-15-8-9-23-18(10-15)28-3/h4-12H,22H2,1-3H3,(H2,23,24,25,26,27). The summed E-state index contributed by atoms with van der Waals surface area (Å²) in [7, 11) is 1.59. The quantitative estimate of drug-likeness (QED) is 0.489. The van der Waals surface area contributed by atoms with Crippen LogP contribution in [0.1, 0.15) is 19.4 Å². The summed E-state index contributed by atoms with van der Waals surface area (Å²) in [6.07, 6.45) is 3.21. The topological polar surface area (TPSA) is 102 Å². The van der Waals surface area contributed by atoms with Crippen LogP contribution >= 0.6 is 0 Å². The first-order valence-electron chi connectivity index (χ1n) is 8.94. The molecule has 0 radical (unpaired) electrons. The molecule has 4 N–H and O–H groups in total. The summed E-state index contributed by atoms with van der Waals surface area (Å²) in [5, 5.41) is 4.21. The molecule has 28 heavy (non-hydrogen) atoms. The first-order chi connectivity index (χ1) is 13.4. The van der Waals surface area contributed by atoms with E-state index in [0.29, 0.717) is 11.7 Å². The van der Waals surface area contributed by atoms with E-state index in [9.17, 15) is 0 Å². The molecule has 0 aliphatic rings. The summed E-state index contributed by atoms with van der Waals surface area (Å²) in [5.41, 5.74) is 10.5. The third kappa shape index (κ3) is 3.52. The van der Waals surface area contributed by atoms with Gasteiger partial charge in [-0.25, -0.2) is 15.0 Å². The number of anilines is 2. The van der Waals surface area contributed by atoms with Crippen LogP contribution in [-0.4, -0.2) is 27.0 Å². The molecule has 0 amide bonds. The Bertz CT molecular complexity index is 1110. The number of hydrogen-bond donors (Lipinski definition) is 3. The Balaban J connectivity index is 1.69. The van der Waals surface area contributed by atoms with Crippen molar-refractivity contribution >= 4 is 22.5 Å². The number of H-pyrrole nitrogens is 1. The van der Waals surface area contributed by atoms with Crippen molar-refractivity contribution in [3.63, 3.8) is 0 Å². The van der Waals surface area contributed by atoms with E-state index in [2.05, 4.69) is 49.5 Å². The summed E-state index contributed by atoms with van der Waals surface area (Å²) in [6, 6.07) is 13.9. The van der Waals surface area contributed by atoms with Crippen LogP contribution in [0.4, 0.5) is 11.5 Å². The van der Waals surface area contributed by atoms with Gasteiger partial charge in [0.1, 0.15) is 17.8 Å². The molecule has 0 spiro atoms. The molecule has 0 aliphatic heterocycles. The maximum atomic E-state index is 6.17. The molecule has 4 aromatic rings. The molecule has 7 nitrogen and oxygen atoms in total. The zero-order valence-corrected chi connectivity index (χ0v) is 16.0. The van der Waals surface area contributed by atoms with E-state index in [1.54, 1.807) is 13.3 Å². The Kier molecular flexibility index (Phi) is 4.44. The van der Waals surface area contributed by atoms with Gasteiger partial charge in [0.05, 0.1) is 12.5 Å². The minimum Gasteiger partial charge on any atom is -0.481 e. The lowest BCUT2D eigenvalue weighted by Crippen LogP contribution is -2.28. The van der Waals surface area contributed by atoms with Crippen LogP contribution in [0.2, 0.25) is 0 Å². The Labute approximate surface area is 163 Å². The smallest absolute Gasteiger partial charge is 0.214 e. The van der Waals surface area contributed by atoms with Crippen LogP contribution in [0, 0.1) is 0 Å². The number of pyridine rings is 1. The summed E-state index contributed by atoms with van der Waals surface area (Å²) in [4.78, 5) is 16.2. The van der Waals surface area contributed by atoms with Crippen LogP contribution in [0.25, 0.3) is 22.3 Å². The Morgan fingerprint density at radius 1 is 1.04 bits per heavy atom. The van der Waals surface area contributed by atoms with Crippen molar-refractivity contribution < 1.29 is 4.74 Å². The molecule has 0 bridgehead atoms. The second-order valence-corrected chi connectivity index (χ2v) is 7.18. The van der Waals surface area contributed by atoms with Crippen LogP contribution in [0.15, 0.2) is 55.0 Å². The van der Waals surface area contributed by atoms with Crippen molar-refractivity contribution in [1.82, 2.24) is 19.9 Å². The number of aromatic nitrogens is 4. The fourth-order valence-corrected chi connectivity index (χ4v) is 3.01. The van der Waals surface area contributed by atoms with Gasteiger partial charge in [0.2, 0.25) is 5.88 Å². The Morgan fingerprint density at radius 2 is 1.82 bits per heavy atom. The van der Waals surface area contributed by atoms with Crippen LogP contribution in [-0.2, 0) is 5.54 Å². The van der Waals surface area contributed by atoms with Crippen LogP contribution in [0.3, 0.4) is 0 Å². The second-order valence-electron chi connectivity index (χ2n) is 7.18. The van der Waals surface area contributed by atoms with E-state index in [4.69, 9.17) is 10.5 Å². The van der Waals surface area contributed by atoms with Gasteiger partial charge in [0.25, 0.3) is 0 Å². The number of hydrogen-bond acceptors (Lipinski definition) is 6. The lowest BCUT2D eigenvalue weighted by atomic mass is 9.94. The third-order valence-corrected chi connectivity index (χ3v) is 4.57. The van der Waals surface area contributed by atoms with Crippen molar-refractivity contribution in [2.45, 2.75) is 19.4 Å². The van der Waals surface area contributed by atoms with Crippen LogP contribution in [0.5, 0.6) is 5.88 Å². The Morgan fingerprint density at radius 3 is 2.54 bits per heavy atom. The van der Waals surface area contributed by atoms with Crippen molar-refractivity contribution in [2.75, 3.05) is 12.4 Å². The van der Waals surface area contributed by atoms with Crippen molar-refractivity contribution in [3.05, 3.63) is 60.6 Å². The lowest BCUT2D eigenvalue weighted by molar-refractivity contribution is 0.398. The number of nitrogens with one attached hydrogen (secondary N) is 2. The number of fused-ring (bicyclic) bond motifs is 1. The van der Waals surface area contributed by atoms with Gasteiger partial charge in [-0.2, -0.15) is 0 Å². The molecule has 0 saturated heterocycles. The number of nitrogens with zero attached hydrogens (tertiary/aromatic N) is 3. The highest BCUT2D eigenvalue weighted by Crippen LogP contribution is 2.30. The molecule has 0 aliphatic carbocycles. The normalized spacial score (nSPS) is 11.6. The van der Waals surface area contributed by atoms with Gasteiger partial charge in [-0.05, 0) is 37.1 Å². The maximum absolute atomic E-state index is 6.17. The van der Waals surface area contributed by atoms with E-state index < -0.39 is 0 Å². The SMILES string of the molecule is COc1cc(Nc2ncnc3[nH]c(-c4ccc(C(C)(C)N)cc4)cc23)ccn1. The zero-order chi connectivity index (χ0) is 19.7. The largest absolute Gasteiger partial charge is 0.481 e. The molecule has 4 rings (SSSR count). The minimum atomic E-state index is -0.368. The first kappa shape index (κ1) is 17.9. The highest BCUT2D eigenvalue weighted by atomic mass is 16.5. The van der Waals surface area contributed by atoms with Gasteiger partial charge in [0.15, 0.2) is 0 Å². The van der Waals surface area contributed by atoms with E-state index >= 15 is 0 Å². The van der Waals surface area contributed by atoms with E-state index in [0.717, 1.165) is 33.5 Å². The maximum Gasteiger partial charge on any atom is 0.214 e. The molecule has 3 aromatic heterocycles. The van der Waals surface area contributed by atoms with Crippen molar-refractivity contribution in [2.24, 2.45) is 5.73 Å². The van der Waals surface area contributed by atoms with E-state index in [1.807, 2.05) is 32.0 Å². The summed E-state index contributed by atoms with van der Waals surface area (Å²) in [6.45, 7) is 3.99. The second kappa shape index (κ2) is 6.94. The predicted octanol–water partition coefficient (Wildman–Crippen LogP) is 3.97. The summed E-state index contributed by atoms with van der Waals surface area (Å²) < 4.78 is 5.18. The molecular formula is C21H22N6O. The van der Waals surface area contributed by atoms with Crippen molar-refractivity contribution in [1.29, 1.82) is 0 Å². The highest BCUT2D eigenvalue weighted by molar-refractivity contribution is 5.92. The molecular weight excluding hydrogens is 352 g/mol. The monoisotopic (exact) mass is 374 g/mol. The van der Waals surface area contributed by atoms with E-state index in [-0.39, 0.29) is 5.54 Å². The molecule has 1 aromatic carbocycles. The highest BCUT2D eigenvalue weighted by Gasteiger charge is 2.15. The van der Waals surface area contributed by atoms with Gasteiger partial charge < -0.3 is 20.8 Å². The molecule has 142 valence electrons. The van der Waals surface area contributed by atoms with Gasteiger partial charge in [-0.1, -0.05) is 24.3 Å². The number of rotatable bonds is 5. The average molecular weight is 374 g/mol.